The van der Waals surface area contributed by atoms with E-state index < -0.39 is 0 Å². The zero-order valence-corrected chi connectivity index (χ0v) is 17.8. The number of anilines is 1. The first-order valence-electron chi connectivity index (χ1n) is 10.5. The number of aryl methyl sites for hydroxylation is 2. The number of benzene rings is 2. The van der Waals surface area contributed by atoms with Crippen LogP contribution in [0.2, 0.25) is 0 Å². The molecule has 2 aromatic carbocycles. The zero-order chi connectivity index (χ0) is 19.5. The molecule has 2 unspecified atom stereocenters. The molecule has 2 aliphatic heterocycles. The molecule has 0 saturated carbocycles. The van der Waals surface area contributed by atoms with E-state index in [0.717, 1.165) is 17.3 Å². The fraction of sp³-hybridized carbons (Fsp3) is 0.458. The normalized spacial score (nSPS) is 24.6. The third-order valence-electron chi connectivity index (χ3n) is 6.22. The van der Waals surface area contributed by atoms with Gasteiger partial charge in [-0.2, -0.15) is 0 Å². The minimum absolute atomic E-state index is 0.467. The summed E-state index contributed by atoms with van der Waals surface area (Å²) in [5, 5.41) is 7.71. The first kappa shape index (κ1) is 19.4. The van der Waals surface area contributed by atoms with Gasteiger partial charge in [-0.1, -0.05) is 48.4 Å². The van der Waals surface area contributed by atoms with Crippen molar-refractivity contribution in [3.63, 3.8) is 0 Å². The molecule has 2 N–H and O–H groups in total. The average molecular weight is 394 g/mol. The maximum absolute atomic E-state index is 5.60. The Hall–Kier alpha value is -1.91. The lowest BCUT2D eigenvalue weighted by Crippen LogP contribution is -2.56. The number of nitrogens with one attached hydrogen (secondary N) is 2. The Morgan fingerprint density at radius 1 is 1.00 bits per heavy atom. The van der Waals surface area contributed by atoms with Crippen LogP contribution in [0, 0.1) is 13.8 Å². The second-order valence-corrected chi connectivity index (χ2v) is 8.94. The van der Waals surface area contributed by atoms with Crippen LogP contribution < -0.4 is 10.6 Å². The highest BCUT2D eigenvalue weighted by Crippen LogP contribution is 2.35. The Bertz CT molecular complexity index is 803. The lowest BCUT2D eigenvalue weighted by atomic mass is 9.81. The second-order valence-electron chi connectivity index (χ2n) is 8.53. The van der Waals surface area contributed by atoms with E-state index in [4.69, 9.17) is 12.2 Å². The number of thiocarbonyl (C=S) groups is 1. The Morgan fingerprint density at radius 3 is 2.39 bits per heavy atom. The summed E-state index contributed by atoms with van der Waals surface area (Å²) in [6.45, 7) is 5.34. The lowest BCUT2D eigenvalue weighted by molar-refractivity contribution is 0.0212. The maximum Gasteiger partial charge on any atom is 0.170 e. The smallest absolute Gasteiger partial charge is 0.170 e. The summed E-state index contributed by atoms with van der Waals surface area (Å²) in [5.41, 5.74) is 5.08. The predicted molar refractivity (Wildman–Crippen MR) is 122 cm³/mol. The summed E-state index contributed by atoms with van der Waals surface area (Å²) >= 11 is 5.60. The van der Waals surface area contributed by atoms with E-state index in [2.05, 4.69) is 77.9 Å². The molecule has 4 heteroatoms. The number of piperidine rings is 2. The third-order valence-corrected chi connectivity index (χ3v) is 6.44. The molecule has 2 bridgehead atoms. The van der Waals surface area contributed by atoms with Crippen LogP contribution >= 0.6 is 12.2 Å². The topological polar surface area (TPSA) is 27.3 Å². The number of nitrogens with zero attached hydrogens (tertiary/aromatic N) is 1. The molecular formula is C24H31N3S. The van der Waals surface area contributed by atoms with Crippen LogP contribution in [0.4, 0.5) is 5.69 Å². The Balaban J connectivity index is 1.36. The van der Waals surface area contributed by atoms with E-state index in [-0.39, 0.29) is 0 Å². The van der Waals surface area contributed by atoms with E-state index >= 15 is 0 Å². The zero-order valence-electron chi connectivity index (χ0n) is 16.9. The van der Waals surface area contributed by atoms with Crippen LogP contribution in [0.15, 0.2) is 48.5 Å². The van der Waals surface area contributed by atoms with Gasteiger partial charge in [-0.25, -0.2) is 0 Å². The van der Waals surface area contributed by atoms with Gasteiger partial charge in [0, 0.05) is 30.4 Å². The van der Waals surface area contributed by atoms with Crippen molar-refractivity contribution < 1.29 is 0 Å². The fourth-order valence-electron chi connectivity index (χ4n) is 4.83. The van der Waals surface area contributed by atoms with Crippen LogP contribution in [-0.2, 0) is 6.54 Å². The van der Waals surface area contributed by atoms with Gasteiger partial charge < -0.3 is 10.6 Å². The molecule has 0 aliphatic carbocycles. The minimum atomic E-state index is 0.467. The molecule has 0 amide bonds. The van der Waals surface area contributed by atoms with Gasteiger partial charge in [-0.05, 0) is 75.0 Å². The number of rotatable bonds is 4. The summed E-state index contributed by atoms with van der Waals surface area (Å²) in [6.07, 6.45) is 6.33. The number of fused-ring (bicyclic) bond motifs is 2. The standard InChI is InChI=1S/C24H31N3S/c1-17-9-11-19(12-10-17)16-27-22-7-4-8-23(27)15-21(14-22)26-24(28)25-20-6-3-5-18(2)13-20/h3,5-6,9-13,21-23H,4,7-8,14-16H2,1-2H3,(H2,25,26,28). The monoisotopic (exact) mass is 393 g/mol. The molecule has 148 valence electrons. The van der Waals surface area contributed by atoms with Gasteiger partial charge in [0.2, 0.25) is 0 Å². The van der Waals surface area contributed by atoms with Crippen molar-refractivity contribution in [2.24, 2.45) is 0 Å². The molecule has 2 atom stereocenters. The van der Waals surface area contributed by atoms with Crippen LogP contribution in [0.5, 0.6) is 0 Å². The molecular weight excluding hydrogens is 362 g/mol. The first-order valence-corrected chi connectivity index (χ1v) is 10.9. The van der Waals surface area contributed by atoms with Gasteiger partial charge in [0.25, 0.3) is 0 Å². The summed E-state index contributed by atoms with van der Waals surface area (Å²) < 4.78 is 0. The molecule has 0 spiro atoms. The van der Waals surface area contributed by atoms with Gasteiger partial charge >= 0.3 is 0 Å². The second kappa shape index (κ2) is 8.62. The molecule has 0 radical (unpaired) electrons. The Morgan fingerprint density at radius 2 is 1.71 bits per heavy atom. The van der Waals surface area contributed by atoms with Crippen molar-refractivity contribution in [1.29, 1.82) is 0 Å². The lowest BCUT2D eigenvalue weighted by Gasteiger charge is -2.49. The molecule has 2 saturated heterocycles. The van der Waals surface area contributed by atoms with Gasteiger partial charge in [-0.15, -0.1) is 0 Å². The van der Waals surface area contributed by atoms with Gasteiger partial charge in [0.1, 0.15) is 0 Å². The molecule has 2 aliphatic rings. The van der Waals surface area contributed by atoms with Crippen molar-refractivity contribution in [3.05, 3.63) is 65.2 Å². The van der Waals surface area contributed by atoms with Crippen LogP contribution in [0.3, 0.4) is 0 Å². The van der Waals surface area contributed by atoms with Crippen LogP contribution in [0.25, 0.3) is 0 Å². The molecule has 28 heavy (non-hydrogen) atoms. The van der Waals surface area contributed by atoms with Crippen LogP contribution in [-0.4, -0.2) is 28.1 Å². The van der Waals surface area contributed by atoms with Gasteiger partial charge in [0.15, 0.2) is 5.11 Å². The van der Waals surface area contributed by atoms with Crippen molar-refractivity contribution in [2.75, 3.05) is 5.32 Å². The van der Waals surface area contributed by atoms with Gasteiger partial charge in [-0.3, -0.25) is 4.90 Å². The van der Waals surface area contributed by atoms with E-state index in [1.165, 1.54) is 48.8 Å². The summed E-state index contributed by atoms with van der Waals surface area (Å²) in [4.78, 5) is 2.75. The van der Waals surface area contributed by atoms with E-state index in [0.29, 0.717) is 18.1 Å². The summed E-state index contributed by atoms with van der Waals surface area (Å²) in [5.74, 6) is 0. The predicted octanol–water partition coefficient (Wildman–Crippen LogP) is 5.18. The number of hydrogen-bond donors (Lipinski definition) is 2. The Labute approximate surface area is 174 Å². The van der Waals surface area contributed by atoms with Crippen molar-refractivity contribution >= 4 is 23.0 Å². The highest BCUT2D eigenvalue weighted by molar-refractivity contribution is 7.80. The largest absolute Gasteiger partial charge is 0.360 e. The maximum atomic E-state index is 5.60. The molecule has 2 fully saturated rings. The number of hydrogen-bond acceptors (Lipinski definition) is 2. The van der Waals surface area contributed by atoms with Crippen LogP contribution in [0.1, 0.15) is 48.8 Å². The average Bonchev–Trinajstić information content (AvgIpc) is 2.64. The summed E-state index contributed by atoms with van der Waals surface area (Å²) in [7, 11) is 0. The Kier molecular flexibility index (Phi) is 5.98. The van der Waals surface area contributed by atoms with Crippen molar-refractivity contribution in [1.82, 2.24) is 10.2 Å². The van der Waals surface area contributed by atoms with Crippen molar-refractivity contribution in [3.8, 4) is 0 Å². The first-order chi connectivity index (χ1) is 13.6. The third kappa shape index (κ3) is 4.73. The molecule has 0 aromatic heterocycles. The quantitative estimate of drug-likeness (QED) is 0.700. The summed E-state index contributed by atoms with van der Waals surface area (Å²) in [6, 6.07) is 19.2. The highest BCUT2D eigenvalue weighted by atomic mass is 32.1. The molecule has 2 aromatic rings. The van der Waals surface area contributed by atoms with E-state index in [1.807, 2.05) is 0 Å². The van der Waals surface area contributed by atoms with Crippen molar-refractivity contribution in [2.45, 2.75) is 70.6 Å². The minimum Gasteiger partial charge on any atom is -0.360 e. The van der Waals surface area contributed by atoms with E-state index in [1.54, 1.807) is 0 Å². The molecule has 3 nitrogen and oxygen atoms in total. The highest BCUT2D eigenvalue weighted by Gasteiger charge is 2.38. The molecule has 2 heterocycles. The molecule has 4 rings (SSSR count). The van der Waals surface area contributed by atoms with E-state index in [9.17, 15) is 0 Å². The fourth-order valence-corrected chi connectivity index (χ4v) is 5.12. The van der Waals surface area contributed by atoms with Gasteiger partial charge in [0.05, 0.1) is 0 Å². The SMILES string of the molecule is Cc1ccc(CN2C3CCCC2CC(NC(=S)Nc2cccc(C)c2)C3)cc1.